The maximum atomic E-state index is 12.3. The first kappa shape index (κ1) is 21.8. The molecular weight excluding hydrogens is 402 g/mol. The summed E-state index contributed by atoms with van der Waals surface area (Å²) in [6.07, 6.45) is 1.69. The summed E-state index contributed by atoms with van der Waals surface area (Å²) in [5.74, 6) is -0.609. The second kappa shape index (κ2) is 9.72. The fourth-order valence-corrected chi connectivity index (χ4v) is 2.95. The highest BCUT2D eigenvalue weighted by Gasteiger charge is 2.17. The summed E-state index contributed by atoms with van der Waals surface area (Å²) in [6.45, 7) is 0.628. The number of fused-ring (bicyclic) bond motifs is 1. The van der Waals surface area contributed by atoms with Crippen LogP contribution in [-0.4, -0.2) is 61.1 Å². The molecule has 4 N–H and O–H groups in total. The van der Waals surface area contributed by atoms with Crippen molar-refractivity contribution in [3.05, 3.63) is 53.7 Å². The van der Waals surface area contributed by atoms with E-state index in [1.165, 1.54) is 14.2 Å². The van der Waals surface area contributed by atoms with Gasteiger partial charge in [-0.15, -0.1) is 0 Å². The number of ether oxygens (including phenoxy) is 2. The van der Waals surface area contributed by atoms with Crippen LogP contribution in [0.25, 0.3) is 16.9 Å². The molecule has 0 aliphatic rings. The third kappa shape index (κ3) is 4.81. The number of nitrogens with one attached hydrogen (secondary N) is 2. The van der Waals surface area contributed by atoms with Crippen molar-refractivity contribution >= 4 is 29.3 Å². The van der Waals surface area contributed by atoms with Crippen molar-refractivity contribution in [1.82, 2.24) is 14.7 Å². The van der Waals surface area contributed by atoms with E-state index in [0.29, 0.717) is 46.9 Å². The van der Waals surface area contributed by atoms with Gasteiger partial charge in [-0.05, 0) is 24.3 Å². The lowest BCUT2D eigenvalue weighted by molar-refractivity contribution is -0.138. The van der Waals surface area contributed by atoms with Crippen molar-refractivity contribution < 1.29 is 23.9 Å². The topological polar surface area (TPSA) is 137 Å². The molecule has 0 atom stereocenters. The molecule has 0 saturated carbocycles. The molecular formula is C21H23N5O5. The van der Waals surface area contributed by atoms with Crippen LogP contribution in [-0.2, 0) is 14.3 Å². The van der Waals surface area contributed by atoms with Gasteiger partial charge in [0.1, 0.15) is 23.7 Å². The van der Waals surface area contributed by atoms with Crippen LogP contribution in [0.5, 0.6) is 0 Å². The molecule has 1 aromatic carbocycles. The monoisotopic (exact) mass is 425 g/mol. The van der Waals surface area contributed by atoms with E-state index in [1.54, 1.807) is 47.0 Å². The summed E-state index contributed by atoms with van der Waals surface area (Å²) >= 11 is 0. The predicted octanol–water partition coefficient (Wildman–Crippen LogP) is 1.06. The largest absolute Gasteiger partial charge is 0.468 e. The molecule has 0 unspecified atom stereocenters. The average molecular weight is 425 g/mol. The Hall–Kier alpha value is -3.92. The molecule has 0 radical (unpaired) electrons. The Kier molecular flexibility index (Phi) is 6.83. The molecule has 2 heterocycles. The van der Waals surface area contributed by atoms with Gasteiger partial charge in [0.25, 0.3) is 5.91 Å². The van der Waals surface area contributed by atoms with Crippen molar-refractivity contribution in [2.24, 2.45) is 5.73 Å². The first-order valence-electron chi connectivity index (χ1n) is 9.48. The number of amides is 1. The maximum absolute atomic E-state index is 12.3. The minimum absolute atomic E-state index is 0.0731. The molecule has 0 bridgehead atoms. The molecule has 31 heavy (non-hydrogen) atoms. The molecule has 0 aliphatic carbocycles. The number of benzene rings is 1. The molecule has 0 saturated heterocycles. The number of carbonyl (C=O) groups is 3. The second-order valence-electron chi connectivity index (χ2n) is 6.50. The van der Waals surface area contributed by atoms with Crippen LogP contribution in [0.3, 0.4) is 0 Å². The van der Waals surface area contributed by atoms with Crippen molar-refractivity contribution in [3.63, 3.8) is 0 Å². The number of aromatic nitrogens is 2. The smallest absolute Gasteiger partial charge is 0.337 e. The Labute approximate surface area is 178 Å². The lowest BCUT2D eigenvalue weighted by Gasteiger charge is -2.09. The van der Waals surface area contributed by atoms with Crippen molar-refractivity contribution in [2.75, 3.05) is 39.2 Å². The Morgan fingerprint density at radius 2 is 1.81 bits per heavy atom. The van der Waals surface area contributed by atoms with Gasteiger partial charge in [0, 0.05) is 30.4 Å². The van der Waals surface area contributed by atoms with E-state index >= 15 is 0 Å². The number of methoxy groups -OCH3 is 2. The fourth-order valence-electron chi connectivity index (χ4n) is 2.95. The van der Waals surface area contributed by atoms with E-state index in [2.05, 4.69) is 15.6 Å². The van der Waals surface area contributed by atoms with Gasteiger partial charge in [-0.2, -0.15) is 0 Å². The highest BCUT2D eigenvalue weighted by molar-refractivity contribution is 5.95. The minimum Gasteiger partial charge on any atom is -0.468 e. The standard InChI is InChI=1S/C21H23N5O5/c1-30-17(27)12-24-19-18(13-3-5-14(6-4-13)21(29)31-2)25-16-11-15(7-10-26(16)19)20(28)23-9-8-22/h3-7,10-11,24H,8-9,12,22H2,1-2H3,(H,23,28). The average Bonchev–Trinajstić information content (AvgIpc) is 3.18. The van der Waals surface area contributed by atoms with Crippen LogP contribution >= 0.6 is 0 Å². The first-order chi connectivity index (χ1) is 15.0. The molecule has 0 fully saturated rings. The van der Waals surface area contributed by atoms with E-state index in [1.807, 2.05) is 0 Å². The Morgan fingerprint density at radius 3 is 2.45 bits per heavy atom. The maximum Gasteiger partial charge on any atom is 0.337 e. The molecule has 3 aromatic rings. The van der Waals surface area contributed by atoms with E-state index in [4.69, 9.17) is 15.2 Å². The molecule has 162 valence electrons. The summed E-state index contributed by atoms with van der Waals surface area (Å²) in [6, 6.07) is 10.00. The number of rotatable bonds is 8. The first-order valence-corrected chi connectivity index (χ1v) is 9.48. The fraction of sp³-hybridized carbons (Fsp3) is 0.238. The number of anilines is 1. The molecule has 1 amide bonds. The number of pyridine rings is 1. The van der Waals surface area contributed by atoms with Crippen molar-refractivity contribution in [2.45, 2.75) is 0 Å². The number of nitrogens with zero attached hydrogens (tertiary/aromatic N) is 2. The lowest BCUT2D eigenvalue weighted by Crippen LogP contribution is -2.29. The summed E-state index contributed by atoms with van der Waals surface area (Å²) in [7, 11) is 2.62. The van der Waals surface area contributed by atoms with Crippen LogP contribution in [0, 0.1) is 0 Å². The number of carbonyl (C=O) groups excluding carboxylic acids is 3. The number of esters is 2. The highest BCUT2D eigenvalue weighted by atomic mass is 16.5. The van der Waals surface area contributed by atoms with Gasteiger partial charge in [-0.25, -0.2) is 9.78 Å². The van der Waals surface area contributed by atoms with Gasteiger partial charge >= 0.3 is 11.9 Å². The number of hydrogen-bond donors (Lipinski definition) is 3. The quantitative estimate of drug-likeness (QED) is 0.456. The third-order valence-corrected chi connectivity index (χ3v) is 4.53. The van der Waals surface area contributed by atoms with Gasteiger partial charge in [0.15, 0.2) is 0 Å². The molecule has 0 spiro atoms. The summed E-state index contributed by atoms with van der Waals surface area (Å²) in [4.78, 5) is 40.3. The van der Waals surface area contributed by atoms with E-state index in [-0.39, 0.29) is 12.5 Å². The molecule has 2 aromatic heterocycles. The zero-order chi connectivity index (χ0) is 22.4. The van der Waals surface area contributed by atoms with E-state index in [9.17, 15) is 14.4 Å². The lowest BCUT2D eigenvalue weighted by atomic mass is 10.1. The number of imidazole rings is 1. The zero-order valence-corrected chi connectivity index (χ0v) is 17.2. The van der Waals surface area contributed by atoms with Crippen LogP contribution in [0.1, 0.15) is 20.7 Å². The van der Waals surface area contributed by atoms with E-state index in [0.717, 1.165) is 0 Å². The van der Waals surface area contributed by atoms with Crippen molar-refractivity contribution in [3.8, 4) is 11.3 Å². The predicted molar refractivity (Wildman–Crippen MR) is 114 cm³/mol. The van der Waals surface area contributed by atoms with Gasteiger partial charge in [0.2, 0.25) is 0 Å². The molecule has 10 nitrogen and oxygen atoms in total. The summed E-state index contributed by atoms with van der Waals surface area (Å²) < 4.78 is 11.2. The van der Waals surface area contributed by atoms with E-state index < -0.39 is 11.9 Å². The Balaban J connectivity index is 2.03. The Morgan fingerprint density at radius 1 is 1.06 bits per heavy atom. The summed E-state index contributed by atoms with van der Waals surface area (Å²) in [5, 5.41) is 5.75. The van der Waals surface area contributed by atoms with Gasteiger partial charge in [-0.3, -0.25) is 14.0 Å². The molecule has 3 rings (SSSR count). The molecule has 0 aliphatic heterocycles. The highest BCUT2D eigenvalue weighted by Crippen LogP contribution is 2.29. The van der Waals surface area contributed by atoms with Crippen LogP contribution < -0.4 is 16.4 Å². The number of hydrogen-bond acceptors (Lipinski definition) is 8. The van der Waals surface area contributed by atoms with Crippen molar-refractivity contribution in [1.29, 1.82) is 0 Å². The third-order valence-electron chi connectivity index (χ3n) is 4.53. The number of nitrogens with two attached hydrogens (primary N) is 1. The normalized spacial score (nSPS) is 10.5. The van der Waals surface area contributed by atoms with Crippen LogP contribution in [0.4, 0.5) is 5.82 Å². The van der Waals surface area contributed by atoms with Crippen LogP contribution in [0.2, 0.25) is 0 Å². The van der Waals surface area contributed by atoms with Gasteiger partial charge in [0.05, 0.1) is 19.8 Å². The minimum atomic E-state index is -0.446. The Bertz CT molecular complexity index is 1110. The SMILES string of the molecule is COC(=O)CNc1c(-c2ccc(C(=O)OC)cc2)nc2cc(C(=O)NCCN)ccn12. The molecule has 10 heteroatoms. The van der Waals surface area contributed by atoms with Crippen LogP contribution in [0.15, 0.2) is 42.6 Å². The van der Waals surface area contributed by atoms with Gasteiger partial charge in [-0.1, -0.05) is 12.1 Å². The second-order valence-corrected chi connectivity index (χ2v) is 6.50. The zero-order valence-electron chi connectivity index (χ0n) is 17.2. The van der Waals surface area contributed by atoms with Gasteiger partial charge < -0.3 is 25.8 Å². The summed E-state index contributed by atoms with van der Waals surface area (Å²) in [5.41, 5.74) is 8.01.